The molecule has 0 spiro atoms. The standard InChI is InChI=1S/C18H31N/c1-4-6-8-9-10-12-17(11-7-5-2)18-13-14-19-15-16(18)3/h13-15,17H,4-12H2,1-3H3. The Kier molecular flexibility index (Phi) is 8.53. The average molecular weight is 261 g/mol. The summed E-state index contributed by atoms with van der Waals surface area (Å²) in [6.45, 7) is 6.78. The Hall–Kier alpha value is -0.850. The smallest absolute Gasteiger partial charge is 0.0299 e. The summed E-state index contributed by atoms with van der Waals surface area (Å²) in [5.41, 5.74) is 2.91. The van der Waals surface area contributed by atoms with Crippen LogP contribution in [-0.4, -0.2) is 4.98 Å². The number of rotatable bonds is 10. The maximum absolute atomic E-state index is 4.23. The van der Waals surface area contributed by atoms with E-state index in [1.807, 2.05) is 12.4 Å². The normalized spacial score (nSPS) is 12.6. The first kappa shape index (κ1) is 16.2. The molecule has 0 amide bonds. The maximum atomic E-state index is 4.23. The highest BCUT2D eigenvalue weighted by Crippen LogP contribution is 2.29. The van der Waals surface area contributed by atoms with Gasteiger partial charge in [0.2, 0.25) is 0 Å². The van der Waals surface area contributed by atoms with Crippen LogP contribution < -0.4 is 0 Å². The van der Waals surface area contributed by atoms with Crippen molar-refractivity contribution in [3.8, 4) is 0 Å². The summed E-state index contributed by atoms with van der Waals surface area (Å²) in [4.78, 5) is 4.23. The SMILES string of the molecule is CCCCCCCC(CCCC)c1ccncc1C. The summed E-state index contributed by atoms with van der Waals surface area (Å²) in [6, 6.07) is 2.24. The molecule has 1 unspecified atom stereocenters. The van der Waals surface area contributed by atoms with Gasteiger partial charge in [-0.3, -0.25) is 4.98 Å². The van der Waals surface area contributed by atoms with Crippen LogP contribution in [0.3, 0.4) is 0 Å². The highest BCUT2D eigenvalue weighted by molar-refractivity contribution is 5.25. The number of nitrogens with zero attached hydrogens (tertiary/aromatic N) is 1. The highest BCUT2D eigenvalue weighted by Gasteiger charge is 2.13. The summed E-state index contributed by atoms with van der Waals surface area (Å²) >= 11 is 0. The minimum Gasteiger partial charge on any atom is -0.264 e. The minimum atomic E-state index is 0.754. The molecule has 0 aliphatic heterocycles. The molecule has 1 heteroatoms. The summed E-state index contributed by atoms with van der Waals surface area (Å²) < 4.78 is 0. The molecule has 0 radical (unpaired) electrons. The third kappa shape index (κ3) is 6.22. The van der Waals surface area contributed by atoms with Crippen LogP contribution in [0.1, 0.15) is 88.7 Å². The van der Waals surface area contributed by atoms with E-state index in [0.29, 0.717) is 0 Å². The Labute approximate surface area is 119 Å². The number of unbranched alkanes of at least 4 members (excludes halogenated alkanes) is 5. The van der Waals surface area contributed by atoms with E-state index in [4.69, 9.17) is 0 Å². The first-order valence-electron chi connectivity index (χ1n) is 8.20. The van der Waals surface area contributed by atoms with Crippen LogP contribution in [0.25, 0.3) is 0 Å². The fourth-order valence-corrected chi connectivity index (χ4v) is 2.84. The largest absolute Gasteiger partial charge is 0.264 e. The summed E-state index contributed by atoms with van der Waals surface area (Å²) in [7, 11) is 0. The van der Waals surface area contributed by atoms with Crippen molar-refractivity contribution in [2.75, 3.05) is 0 Å². The topological polar surface area (TPSA) is 12.9 Å². The quantitative estimate of drug-likeness (QED) is 0.469. The number of pyridine rings is 1. The van der Waals surface area contributed by atoms with Crippen LogP contribution in [0.5, 0.6) is 0 Å². The molecule has 0 fully saturated rings. The first-order chi connectivity index (χ1) is 9.29. The molecule has 0 bridgehead atoms. The van der Waals surface area contributed by atoms with Crippen LogP contribution in [0, 0.1) is 6.92 Å². The monoisotopic (exact) mass is 261 g/mol. The second kappa shape index (κ2) is 10.00. The van der Waals surface area contributed by atoms with Gasteiger partial charge in [0.05, 0.1) is 0 Å². The second-order valence-electron chi connectivity index (χ2n) is 5.77. The van der Waals surface area contributed by atoms with E-state index in [9.17, 15) is 0 Å². The van der Waals surface area contributed by atoms with Crippen molar-refractivity contribution in [3.05, 3.63) is 29.6 Å². The molecule has 0 aliphatic carbocycles. The molecule has 0 aromatic carbocycles. The second-order valence-corrected chi connectivity index (χ2v) is 5.77. The van der Waals surface area contributed by atoms with Gasteiger partial charge in [0.25, 0.3) is 0 Å². The zero-order valence-electron chi connectivity index (χ0n) is 13.1. The van der Waals surface area contributed by atoms with E-state index in [2.05, 4.69) is 31.8 Å². The van der Waals surface area contributed by atoms with E-state index in [0.717, 1.165) is 5.92 Å². The maximum Gasteiger partial charge on any atom is 0.0299 e. The van der Waals surface area contributed by atoms with E-state index in [-0.39, 0.29) is 0 Å². The highest BCUT2D eigenvalue weighted by atomic mass is 14.6. The van der Waals surface area contributed by atoms with Gasteiger partial charge in [0, 0.05) is 12.4 Å². The van der Waals surface area contributed by atoms with Crippen LogP contribution in [0.15, 0.2) is 18.5 Å². The molecule has 0 saturated heterocycles. The fourth-order valence-electron chi connectivity index (χ4n) is 2.84. The average Bonchev–Trinajstić information content (AvgIpc) is 2.43. The van der Waals surface area contributed by atoms with Crippen molar-refractivity contribution >= 4 is 0 Å². The predicted octanol–water partition coefficient (Wildman–Crippen LogP) is 6.02. The van der Waals surface area contributed by atoms with Gasteiger partial charge in [-0.2, -0.15) is 0 Å². The third-order valence-corrected chi connectivity index (χ3v) is 4.07. The van der Waals surface area contributed by atoms with Crippen LogP contribution in [-0.2, 0) is 0 Å². The van der Waals surface area contributed by atoms with Crippen molar-refractivity contribution in [2.45, 2.75) is 84.5 Å². The number of aromatic nitrogens is 1. The number of aryl methyl sites for hydroxylation is 1. The predicted molar refractivity (Wildman–Crippen MR) is 84.6 cm³/mol. The minimum absolute atomic E-state index is 0.754. The lowest BCUT2D eigenvalue weighted by molar-refractivity contribution is 0.503. The van der Waals surface area contributed by atoms with Gasteiger partial charge in [-0.25, -0.2) is 0 Å². The van der Waals surface area contributed by atoms with Gasteiger partial charge in [-0.1, -0.05) is 58.8 Å². The molecule has 1 atom stereocenters. The van der Waals surface area contributed by atoms with Gasteiger partial charge in [-0.15, -0.1) is 0 Å². The van der Waals surface area contributed by atoms with Crippen LogP contribution in [0.4, 0.5) is 0 Å². The van der Waals surface area contributed by atoms with Gasteiger partial charge >= 0.3 is 0 Å². The molecule has 0 N–H and O–H groups in total. The van der Waals surface area contributed by atoms with Gasteiger partial charge in [-0.05, 0) is 42.9 Å². The Balaban J connectivity index is 2.49. The molecule has 1 heterocycles. The Bertz CT molecular complexity index is 332. The number of hydrogen-bond acceptors (Lipinski definition) is 1. The van der Waals surface area contributed by atoms with Crippen molar-refractivity contribution in [1.29, 1.82) is 0 Å². The summed E-state index contributed by atoms with van der Waals surface area (Å²) in [6.07, 6.45) is 16.3. The zero-order valence-corrected chi connectivity index (χ0v) is 13.1. The zero-order chi connectivity index (χ0) is 13.9. The summed E-state index contributed by atoms with van der Waals surface area (Å²) in [5, 5.41) is 0. The van der Waals surface area contributed by atoms with Crippen molar-refractivity contribution < 1.29 is 0 Å². The molecular formula is C18H31N. The molecule has 0 saturated carbocycles. The molecule has 0 aliphatic rings. The van der Waals surface area contributed by atoms with Crippen molar-refractivity contribution in [2.24, 2.45) is 0 Å². The van der Waals surface area contributed by atoms with Crippen LogP contribution >= 0.6 is 0 Å². The third-order valence-electron chi connectivity index (χ3n) is 4.07. The molecular weight excluding hydrogens is 230 g/mol. The Morgan fingerprint density at radius 2 is 1.63 bits per heavy atom. The van der Waals surface area contributed by atoms with Gasteiger partial charge in [0.15, 0.2) is 0 Å². The lowest BCUT2D eigenvalue weighted by atomic mass is 9.87. The van der Waals surface area contributed by atoms with E-state index < -0.39 is 0 Å². The van der Waals surface area contributed by atoms with Gasteiger partial charge < -0.3 is 0 Å². The summed E-state index contributed by atoms with van der Waals surface area (Å²) in [5.74, 6) is 0.754. The van der Waals surface area contributed by atoms with E-state index >= 15 is 0 Å². The van der Waals surface area contributed by atoms with Crippen LogP contribution in [0.2, 0.25) is 0 Å². The Morgan fingerprint density at radius 3 is 2.32 bits per heavy atom. The van der Waals surface area contributed by atoms with E-state index in [1.165, 1.54) is 63.4 Å². The lowest BCUT2D eigenvalue weighted by Gasteiger charge is -2.19. The molecule has 1 nitrogen and oxygen atoms in total. The fraction of sp³-hybridized carbons (Fsp3) is 0.722. The van der Waals surface area contributed by atoms with Crippen molar-refractivity contribution in [1.82, 2.24) is 4.98 Å². The molecule has 1 rings (SSSR count). The number of hydrogen-bond donors (Lipinski definition) is 0. The lowest BCUT2D eigenvalue weighted by Crippen LogP contribution is -2.02. The molecule has 108 valence electrons. The molecule has 1 aromatic heterocycles. The Morgan fingerprint density at radius 1 is 0.947 bits per heavy atom. The first-order valence-corrected chi connectivity index (χ1v) is 8.20. The van der Waals surface area contributed by atoms with E-state index in [1.54, 1.807) is 5.56 Å². The molecule has 1 aromatic rings. The molecule has 19 heavy (non-hydrogen) atoms. The van der Waals surface area contributed by atoms with Crippen molar-refractivity contribution in [3.63, 3.8) is 0 Å². The van der Waals surface area contributed by atoms with Gasteiger partial charge in [0.1, 0.15) is 0 Å².